The molecule has 2 heterocycles. The first-order valence-electron chi connectivity index (χ1n) is 10.8. The van der Waals surface area contributed by atoms with Gasteiger partial charge < -0.3 is 24.3 Å². The van der Waals surface area contributed by atoms with Gasteiger partial charge in [0.2, 0.25) is 0 Å². The van der Waals surface area contributed by atoms with Gasteiger partial charge in [-0.15, -0.1) is 0 Å². The molecule has 0 saturated carbocycles. The van der Waals surface area contributed by atoms with Gasteiger partial charge in [-0.25, -0.2) is 4.79 Å². The quantitative estimate of drug-likeness (QED) is 0.566. The zero-order chi connectivity index (χ0) is 23.9. The number of piperazine rings is 1. The van der Waals surface area contributed by atoms with Crippen LogP contribution in [0.4, 0.5) is 5.69 Å². The number of nitrogens with zero attached hydrogens (tertiary/aromatic N) is 2. The fourth-order valence-electron chi connectivity index (χ4n) is 3.57. The van der Waals surface area contributed by atoms with Crippen molar-refractivity contribution in [2.24, 2.45) is 0 Å². The summed E-state index contributed by atoms with van der Waals surface area (Å²) in [5, 5.41) is 2.71. The third kappa shape index (κ3) is 5.32. The number of hydrogen-bond donors (Lipinski definition) is 1. The van der Waals surface area contributed by atoms with Crippen LogP contribution in [0.15, 0.2) is 77.4 Å². The lowest BCUT2D eigenvalue weighted by molar-refractivity contribution is -0.136. The van der Waals surface area contributed by atoms with Crippen LogP contribution in [0, 0.1) is 0 Å². The summed E-state index contributed by atoms with van der Waals surface area (Å²) < 4.78 is 10.4. The fraction of sp³-hybridized carbons (Fsp3) is 0.200. The molecular formula is C25H23N3O6. The van der Waals surface area contributed by atoms with E-state index in [4.69, 9.17) is 9.15 Å². The number of hydrogen-bond acceptors (Lipinski definition) is 6. The van der Waals surface area contributed by atoms with Gasteiger partial charge in [0.15, 0.2) is 12.4 Å². The van der Waals surface area contributed by atoms with E-state index in [1.807, 2.05) is 0 Å². The number of benzene rings is 2. The van der Waals surface area contributed by atoms with Crippen molar-refractivity contribution in [1.29, 1.82) is 0 Å². The summed E-state index contributed by atoms with van der Waals surface area (Å²) in [6.45, 7) is 0.923. The normalized spacial score (nSPS) is 13.3. The number of carbonyl (C=O) groups is 4. The van der Waals surface area contributed by atoms with E-state index in [-0.39, 0.29) is 29.0 Å². The predicted octanol–water partition coefficient (Wildman–Crippen LogP) is 2.67. The minimum Gasteiger partial charge on any atom is -0.459 e. The molecule has 0 bridgehead atoms. The van der Waals surface area contributed by atoms with Crippen LogP contribution < -0.4 is 5.32 Å². The Morgan fingerprint density at radius 2 is 1.50 bits per heavy atom. The first kappa shape index (κ1) is 22.8. The number of carbonyl (C=O) groups excluding carboxylic acids is 4. The first-order chi connectivity index (χ1) is 16.5. The molecule has 3 aromatic rings. The Hall–Kier alpha value is -4.40. The molecule has 0 aliphatic carbocycles. The van der Waals surface area contributed by atoms with Crippen LogP contribution >= 0.6 is 0 Å². The van der Waals surface area contributed by atoms with Crippen molar-refractivity contribution >= 4 is 29.4 Å². The molecule has 3 amide bonds. The molecule has 1 N–H and O–H groups in total. The van der Waals surface area contributed by atoms with E-state index in [1.165, 1.54) is 12.3 Å². The van der Waals surface area contributed by atoms with Crippen LogP contribution in [-0.4, -0.2) is 66.3 Å². The minimum atomic E-state index is -0.719. The van der Waals surface area contributed by atoms with E-state index >= 15 is 0 Å². The van der Waals surface area contributed by atoms with Crippen LogP contribution in [-0.2, 0) is 9.53 Å². The highest BCUT2D eigenvalue weighted by atomic mass is 16.5. The van der Waals surface area contributed by atoms with Gasteiger partial charge in [-0.3, -0.25) is 14.4 Å². The maximum Gasteiger partial charge on any atom is 0.340 e. The van der Waals surface area contributed by atoms with Gasteiger partial charge in [0.05, 0.1) is 17.5 Å². The molecule has 1 aliphatic heterocycles. The predicted molar refractivity (Wildman–Crippen MR) is 122 cm³/mol. The Kier molecular flexibility index (Phi) is 7.02. The standard InChI is InChI=1S/C25H23N3O6/c29-22(27-12-14-28(15-13-27)24(31)21-11-6-16-33-21)17-34-25(32)19-9-4-5-10-20(19)26-23(30)18-7-2-1-3-8-18/h1-11,16H,12-15,17H2,(H,26,30). The molecule has 1 fully saturated rings. The summed E-state index contributed by atoms with van der Waals surface area (Å²) in [5.74, 6) is -1.41. The zero-order valence-electron chi connectivity index (χ0n) is 18.3. The van der Waals surface area contributed by atoms with E-state index in [2.05, 4.69) is 5.32 Å². The van der Waals surface area contributed by atoms with E-state index in [0.29, 0.717) is 37.4 Å². The molecule has 1 aromatic heterocycles. The summed E-state index contributed by atoms with van der Waals surface area (Å²) in [7, 11) is 0. The number of esters is 1. The molecule has 34 heavy (non-hydrogen) atoms. The molecule has 0 radical (unpaired) electrons. The van der Waals surface area contributed by atoms with Crippen LogP contribution in [0.3, 0.4) is 0 Å². The second-order valence-corrected chi connectivity index (χ2v) is 7.59. The lowest BCUT2D eigenvalue weighted by Gasteiger charge is -2.34. The number of furan rings is 1. The van der Waals surface area contributed by atoms with Crippen molar-refractivity contribution < 1.29 is 28.3 Å². The highest BCUT2D eigenvalue weighted by Gasteiger charge is 2.27. The highest BCUT2D eigenvalue weighted by Crippen LogP contribution is 2.18. The van der Waals surface area contributed by atoms with Crippen molar-refractivity contribution in [2.75, 3.05) is 38.1 Å². The summed E-state index contributed by atoms with van der Waals surface area (Å²) in [6, 6.07) is 18.3. The molecule has 9 nitrogen and oxygen atoms in total. The summed E-state index contributed by atoms with van der Waals surface area (Å²) >= 11 is 0. The van der Waals surface area contributed by atoms with Crippen LogP contribution in [0.2, 0.25) is 0 Å². The molecule has 0 unspecified atom stereocenters. The van der Waals surface area contributed by atoms with Gasteiger partial charge in [-0.2, -0.15) is 0 Å². The van der Waals surface area contributed by atoms with E-state index < -0.39 is 12.6 Å². The van der Waals surface area contributed by atoms with Crippen molar-refractivity contribution in [2.45, 2.75) is 0 Å². The molecule has 9 heteroatoms. The zero-order valence-corrected chi connectivity index (χ0v) is 18.3. The third-order valence-corrected chi connectivity index (χ3v) is 5.41. The largest absolute Gasteiger partial charge is 0.459 e. The van der Waals surface area contributed by atoms with E-state index in [9.17, 15) is 19.2 Å². The Morgan fingerprint density at radius 1 is 0.824 bits per heavy atom. The van der Waals surface area contributed by atoms with Gasteiger partial charge in [-0.05, 0) is 36.4 Å². The average Bonchev–Trinajstić information content (AvgIpc) is 3.43. The maximum absolute atomic E-state index is 12.6. The SMILES string of the molecule is O=C(Nc1ccccc1C(=O)OCC(=O)N1CCN(C(=O)c2ccco2)CC1)c1ccccc1. The Balaban J connectivity index is 1.30. The number of anilines is 1. The molecular weight excluding hydrogens is 438 g/mol. The van der Waals surface area contributed by atoms with Gasteiger partial charge >= 0.3 is 5.97 Å². The van der Waals surface area contributed by atoms with Crippen LogP contribution in [0.5, 0.6) is 0 Å². The average molecular weight is 461 g/mol. The minimum absolute atomic E-state index is 0.147. The van der Waals surface area contributed by atoms with Crippen molar-refractivity contribution in [3.63, 3.8) is 0 Å². The molecule has 4 rings (SSSR count). The second kappa shape index (κ2) is 10.5. The molecule has 1 aliphatic rings. The van der Waals surface area contributed by atoms with E-state index in [0.717, 1.165) is 0 Å². The lowest BCUT2D eigenvalue weighted by Crippen LogP contribution is -2.51. The van der Waals surface area contributed by atoms with Crippen molar-refractivity contribution in [1.82, 2.24) is 9.80 Å². The Bertz CT molecular complexity index is 1170. The maximum atomic E-state index is 12.6. The summed E-state index contributed by atoms with van der Waals surface area (Å²) in [4.78, 5) is 53.1. The van der Waals surface area contributed by atoms with Gasteiger partial charge in [-0.1, -0.05) is 30.3 Å². The molecule has 0 spiro atoms. The fourth-order valence-corrected chi connectivity index (χ4v) is 3.57. The number of amides is 3. The second-order valence-electron chi connectivity index (χ2n) is 7.59. The van der Waals surface area contributed by atoms with Crippen molar-refractivity contribution in [3.05, 3.63) is 89.9 Å². The Labute approximate surface area is 195 Å². The summed E-state index contributed by atoms with van der Waals surface area (Å²) in [6.07, 6.45) is 1.44. The highest BCUT2D eigenvalue weighted by molar-refractivity contribution is 6.08. The molecule has 0 atom stereocenters. The Morgan fingerprint density at radius 3 is 2.21 bits per heavy atom. The molecule has 174 valence electrons. The number of para-hydroxylation sites is 1. The molecule has 1 saturated heterocycles. The van der Waals surface area contributed by atoms with Gasteiger partial charge in [0, 0.05) is 31.7 Å². The van der Waals surface area contributed by atoms with Crippen LogP contribution in [0.25, 0.3) is 0 Å². The van der Waals surface area contributed by atoms with E-state index in [1.54, 1.807) is 70.5 Å². The van der Waals surface area contributed by atoms with Crippen LogP contribution in [0.1, 0.15) is 31.3 Å². The lowest BCUT2D eigenvalue weighted by atomic mass is 10.1. The molecule has 2 aromatic carbocycles. The number of rotatable bonds is 6. The monoisotopic (exact) mass is 461 g/mol. The first-order valence-corrected chi connectivity index (χ1v) is 10.8. The topological polar surface area (TPSA) is 109 Å². The number of nitrogens with one attached hydrogen (secondary N) is 1. The van der Waals surface area contributed by atoms with Gasteiger partial charge in [0.1, 0.15) is 0 Å². The number of ether oxygens (including phenoxy) is 1. The van der Waals surface area contributed by atoms with Gasteiger partial charge in [0.25, 0.3) is 17.7 Å². The van der Waals surface area contributed by atoms with Crippen molar-refractivity contribution in [3.8, 4) is 0 Å². The third-order valence-electron chi connectivity index (χ3n) is 5.41. The smallest absolute Gasteiger partial charge is 0.340 e. The summed E-state index contributed by atoms with van der Waals surface area (Å²) in [5.41, 5.74) is 0.887.